The molecule has 4 rings (SSSR count). The number of nitrogens with zero attached hydrogens (tertiary/aromatic N) is 4. The first-order chi connectivity index (χ1) is 13.6. The van der Waals surface area contributed by atoms with Crippen molar-refractivity contribution in [1.82, 2.24) is 14.8 Å². The summed E-state index contributed by atoms with van der Waals surface area (Å²) in [6.45, 7) is 5.03. The molecule has 2 aliphatic rings. The second-order valence-electron chi connectivity index (χ2n) is 7.08. The first-order valence-corrected chi connectivity index (χ1v) is 11.0. The molecule has 10 heteroatoms. The van der Waals surface area contributed by atoms with Gasteiger partial charge in [0.15, 0.2) is 16.6 Å². The third-order valence-corrected chi connectivity index (χ3v) is 7.53. The number of aromatic nitrogens is 1. The highest BCUT2D eigenvalue weighted by Crippen LogP contribution is 2.43. The van der Waals surface area contributed by atoms with E-state index in [4.69, 9.17) is 14.7 Å². The van der Waals surface area contributed by atoms with E-state index in [1.165, 1.54) is 11.3 Å². The number of carbonyl (C=O) groups excluding carboxylic acids is 1. The average molecular weight is 489 g/mol. The molecule has 3 heterocycles. The summed E-state index contributed by atoms with van der Waals surface area (Å²) in [6, 6.07) is 8.56. The van der Waals surface area contributed by atoms with Crippen molar-refractivity contribution in [3.05, 3.63) is 35.0 Å². The summed E-state index contributed by atoms with van der Waals surface area (Å²) in [5.41, 5.74) is 1.80. The highest BCUT2D eigenvalue weighted by Gasteiger charge is 2.31. The number of piperazine rings is 1. The molecule has 1 unspecified atom stereocenters. The van der Waals surface area contributed by atoms with Gasteiger partial charge in [-0.05, 0) is 25.6 Å². The summed E-state index contributed by atoms with van der Waals surface area (Å²) >= 11 is 3.12. The zero-order valence-electron chi connectivity index (χ0n) is 17.2. The fourth-order valence-electron chi connectivity index (χ4n) is 3.49. The van der Waals surface area contributed by atoms with Gasteiger partial charge in [0.25, 0.3) is 0 Å². The number of likely N-dealkylation sites (N-methyl/N-ethyl adjacent to an activating group) is 1. The Morgan fingerprint density at radius 1 is 1.27 bits per heavy atom. The molecule has 1 aromatic carbocycles. The molecule has 1 aromatic heterocycles. The minimum absolute atomic E-state index is 0. The highest BCUT2D eigenvalue weighted by molar-refractivity contribution is 8.01. The Kier molecular flexibility index (Phi) is 9.14. The van der Waals surface area contributed by atoms with Gasteiger partial charge in [-0.25, -0.2) is 9.98 Å². The van der Waals surface area contributed by atoms with E-state index < -0.39 is 0 Å². The van der Waals surface area contributed by atoms with Crippen LogP contribution in [-0.4, -0.2) is 72.8 Å². The van der Waals surface area contributed by atoms with Crippen LogP contribution in [0.4, 0.5) is 5.69 Å². The van der Waals surface area contributed by atoms with E-state index in [-0.39, 0.29) is 30.6 Å². The fourth-order valence-corrected chi connectivity index (χ4v) is 5.66. The molecule has 6 nitrogen and oxygen atoms in total. The molecule has 1 saturated heterocycles. The number of thiazole rings is 1. The molecule has 1 atom stereocenters. The van der Waals surface area contributed by atoms with Crippen LogP contribution in [0.3, 0.4) is 0 Å². The van der Waals surface area contributed by atoms with E-state index in [0.29, 0.717) is 11.0 Å². The van der Waals surface area contributed by atoms with Gasteiger partial charge in [0.1, 0.15) is 5.69 Å². The molecule has 164 valence electrons. The number of para-hydroxylation sites is 1. The number of hydrogen-bond donors (Lipinski definition) is 0. The number of amidine groups is 1. The van der Waals surface area contributed by atoms with Crippen LogP contribution in [-0.2, 0) is 4.74 Å². The van der Waals surface area contributed by atoms with E-state index in [0.717, 1.165) is 59.0 Å². The molecule has 0 saturated carbocycles. The Hall–Kier alpha value is -1.16. The molecule has 30 heavy (non-hydrogen) atoms. The summed E-state index contributed by atoms with van der Waals surface area (Å²) in [7, 11) is 3.91. The number of ketones is 1. The van der Waals surface area contributed by atoms with Gasteiger partial charge in [-0.2, -0.15) is 0 Å². The first-order valence-electron chi connectivity index (χ1n) is 9.38. The molecule has 0 spiro atoms. The van der Waals surface area contributed by atoms with Gasteiger partial charge in [-0.3, -0.25) is 9.69 Å². The first kappa shape index (κ1) is 25.1. The quantitative estimate of drug-likeness (QED) is 0.594. The van der Waals surface area contributed by atoms with Gasteiger partial charge in [0, 0.05) is 51.2 Å². The number of rotatable bonds is 4. The second kappa shape index (κ2) is 10.9. The van der Waals surface area contributed by atoms with Crippen molar-refractivity contribution in [2.75, 3.05) is 40.4 Å². The van der Waals surface area contributed by atoms with Crippen molar-refractivity contribution in [2.24, 2.45) is 4.99 Å². The van der Waals surface area contributed by atoms with Crippen molar-refractivity contribution in [2.45, 2.75) is 28.5 Å². The lowest BCUT2D eigenvalue weighted by atomic mass is 10.1. The lowest BCUT2D eigenvalue weighted by Gasteiger charge is -2.40. The number of Topliss-reactive ketones (excluding diaryl/α,β-unsaturated/α-hetero) is 1. The molecule has 0 radical (unpaired) electrons. The van der Waals surface area contributed by atoms with Crippen LogP contribution in [0.25, 0.3) is 0 Å². The van der Waals surface area contributed by atoms with Crippen LogP contribution in [0.5, 0.6) is 0 Å². The van der Waals surface area contributed by atoms with Crippen molar-refractivity contribution in [3.63, 3.8) is 0 Å². The molecule has 0 bridgehead atoms. The average Bonchev–Trinajstić information content (AvgIpc) is 3.04. The van der Waals surface area contributed by atoms with E-state index in [9.17, 15) is 4.79 Å². The molecule has 1 fully saturated rings. The highest BCUT2D eigenvalue weighted by atomic mass is 35.5. The zero-order chi connectivity index (χ0) is 19.7. The van der Waals surface area contributed by atoms with Crippen LogP contribution >= 0.6 is 47.9 Å². The van der Waals surface area contributed by atoms with Crippen LogP contribution in [0, 0.1) is 0 Å². The predicted octanol–water partition coefficient (Wildman–Crippen LogP) is 4.38. The number of hydrogen-bond acceptors (Lipinski definition) is 8. The van der Waals surface area contributed by atoms with E-state index in [1.807, 2.05) is 18.2 Å². The van der Waals surface area contributed by atoms with E-state index >= 15 is 0 Å². The number of aliphatic imine (C=N–C) groups is 1. The summed E-state index contributed by atoms with van der Waals surface area (Å²) in [5, 5.41) is 0.551. The monoisotopic (exact) mass is 488 g/mol. The van der Waals surface area contributed by atoms with Crippen molar-refractivity contribution in [1.29, 1.82) is 0 Å². The van der Waals surface area contributed by atoms with Gasteiger partial charge in [-0.1, -0.05) is 23.9 Å². The van der Waals surface area contributed by atoms with Gasteiger partial charge in [0.2, 0.25) is 0 Å². The topological polar surface area (TPSA) is 58.0 Å². The normalized spacial score (nSPS) is 18.3. The predicted molar refractivity (Wildman–Crippen MR) is 128 cm³/mol. The molecule has 0 N–H and O–H groups in total. The molecule has 2 aliphatic heterocycles. The number of ether oxygens (including phenoxy) is 1. The molecular weight excluding hydrogens is 463 g/mol. The Morgan fingerprint density at radius 2 is 2.03 bits per heavy atom. The second-order valence-corrected chi connectivity index (χ2v) is 9.39. The van der Waals surface area contributed by atoms with Crippen LogP contribution in [0.15, 0.2) is 38.4 Å². The maximum absolute atomic E-state index is 12.0. The van der Waals surface area contributed by atoms with Crippen LogP contribution in [0.2, 0.25) is 0 Å². The van der Waals surface area contributed by atoms with E-state index in [1.54, 1.807) is 25.8 Å². The van der Waals surface area contributed by atoms with Gasteiger partial charge < -0.3 is 9.64 Å². The van der Waals surface area contributed by atoms with Gasteiger partial charge in [0.05, 0.1) is 9.90 Å². The number of benzene rings is 1. The van der Waals surface area contributed by atoms with Crippen LogP contribution in [0.1, 0.15) is 28.8 Å². The summed E-state index contributed by atoms with van der Waals surface area (Å²) in [5.74, 6) is 0.884. The summed E-state index contributed by atoms with van der Waals surface area (Å²) in [4.78, 5) is 27.5. The van der Waals surface area contributed by atoms with E-state index in [2.05, 4.69) is 22.9 Å². The zero-order valence-corrected chi connectivity index (χ0v) is 20.4. The molecule has 0 aliphatic carbocycles. The minimum atomic E-state index is 0. The Bertz CT molecular complexity index is 922. The standard InChI is InChI=1S/C20H24N4O2S2.2ClH/c1-13(25)19-22-17-18(24-10-9-23(2)14(12-24)8-11-26-3)21-15-6-4-5-7-16(15)27-20(17)28-19;;/h4-7,14H,8-12H2,1-3H3;2*1H. The fraction of sp³-hybridized carbons (Fsp3) is 0.450. The van der Waals surface area contributed by atoms with Crippen molar-refractivity contribution < 1.29 is 9.53 Å². The number of carbonyl (C=O) groups is 1. The molecule has 0 amide bonds. The lowest BCUT2D eigenvalue weighted by molar-refractivity contribution is 0.0999. The lowest BCUT2D eigenvalue weighted by Crippen LogP contribution is -2.53. The molecule has 2 aromatic rings. The summed E-state index contributed by atoms with van der Waals surface area (Å²) < 4.78 is 6.34. The largest absolute Gasteiger partial charge is 0.385 e. The number of fused-ring (bicyclic) bond motifs is 2. The smallest absolute Gasteiger partial charge is 0.188 e. The SMILES string of the molecule is COCCC1CN(C2=Nc3ccccc3Sc3sc(C(C)=O)nc32)CCN1C.Cl.Cl. The Morgan fingerprint density at radius 3 is 2.77 bits per heavy atom. The minimum Gasteiger partial charge on any atom is -0.385 e. The van der Waals surface area contributed by atoms with Gasteiger partial charge in [-0.15, -0.1) is 36.2 Å². The number of methoxy groups -OCH3 is 1. The Balaban J connectivity index is 0.00000160. The van der Waals surface area contributed by atoms with Crippen LogP contribution < -0.4 is 0 Å². The third-order valence-electron chi connectivity index (χ3n) is 5.14. The maximum Gasteiger partial charge on any atom is 0.188 e. The maximum atomic E-state index is 12.0. The van der Waals surface area contributed by atoms with Crippen molar-refractivity contribution in [3.8, 4) is 0 Å². The number of halogens is 2. The van der Waals surface area contributed by atoms with Gasteiger partial charge >= 0.3 is 0 Å². The molecular formula is C20H26Cl2N4O2S2. The summed E-state index contributed by atoms with van der Waals surface area (Å²) in [6.07, 6.45) is 0.977. The Labute approximate surface area is 197 Å². The third kappa shape index (κ3) is 5.18. The van der Waals surface area contributed by atoms with Crippen molar-refractivity contribution >= 4 is 65.2 Å².